The molecule has 2 heterocycles. The van der Waals surface area contributed by atoms with Gasteiger partial charge in [-0.25, -0.2) is 18.4 Å². The molecule has 2 aromatic heterocycles. The number of thioether (sulfide) groups is 1. The number of sulfonamides is 1. The molecule has 0 atom stereocenters. The van der Waals surface area contributed by atoms with Crippen molar-refractivity contribution in [3.05, 3.63) is 52.3 Å². The molecule has 10 nitrogen and oxygen atoms in total. The first kappa shape index (κ1) is 20.8. The largest absolute Gasteiger partial charge is 0.383 e. The molecule has 5 N–H and O–H groups in total. The second kappa shape index (κ2) is 9.07. The van der Waals surface area contributed by atoms with Crippen LogP contribution in [0.1, 0.15) is 6.42 Å². The van der Waals surface area contributed by atoms with Crippen LogP contribution in [-0.2, 0) is 14.8 Å². The highest BCUT2D eigenvalue weighted by atomic mass is 32.2. The minimum absolute atomic E-state index is 0.0537. The van der Waals surface area contributed by atoms with E-state index in [0.29, 0.717) is 16.6 Å². The van der Waals surface area contributed by atoms with Crippen molar-refractivity contribution >= 4 is 55.7 Å². The van der Waals surface area contributed by atoms with Crippen molar-refractivity contribution in [2.75, 3.05) is 21.5 Å². The normalized spacial score (nSPS) is 11.2. The molecular formula is C16H16N6O4S3. The van der Waals surface area contributed by atoms with E-state index in [0.717, 1.165) is 0 Å². The van der Waals surface area contributed by atoms with Crippen LogP contribution in [0.2, 0.25) is 0 Å². The topological polar surface area (TPSA) is 160 Å². The van der Waals surface area contributed by atoms with Gasteiger partial charge in [0, 0.05) is 35.5 Å². The number of aromatic amines is 1. The first-order chi connectivity index (χ1) is 13.8. The maximum absolute atomic E-state index is 12.3. The third-order valence-electron chi connectivity index (χ3n) is 3.41. The zero-order valence-corrected chi connectivity index (χ0v) is 17.2. The number of benzene rings is 1. The molecule has 3 aromatic rings. The predicted molar refractivity (Wildman–Crippen MR) is 113 cm³/mol. The lowest BCUT2D eigenvalue weighted by atomic mass is 10.3. The maximum atomic E-state index is 12.3. The number of nitrogens with one attached hydrogen (secondary N) is 3. The first-order valence-electron chi connectivity index (χ1n) is 8.14. The molecule has 0 saturated heterocycles. The van der Waals surface area contributed by atoms with E-state index in [4.69, 9.17) is 5.73 Å². The molecule has 29 heavy (non-hydrogen) atoms. The summed E-state index contributed by atoms with van der Waals surface area (Å²) in [5.41, 5.74) is 5.60. The van der Waals surface area contributed by atoms with Gasteiger partial charge >= 0.3 is 0 Å². The number of hydrogen-bond donors (Lipinski definition) is 4. The Hall–Kier alpha value is -2.90. The van der Waals surface area contributed by atoms with E-state index in [1.165, 1.54) is 59.6 Å². The molecule has 13 heteroatoms. The summed E-state index contributed by atoms with van der Waals surface area (Å²) in [6.45, 7) is 0. The summed E-state index contributed by atoms with van der Waals surface area (Å²) in [6, 6.07) is 6.95. The summed E-state index contributed by atoms with van der Waals surface area (Å²) in [6.07, 6.45) is 1.66. The molecule has 0 unspecified atom stereocenters. The van der Waals surface area contributed by atoms with Gasteiger partial charge in [-0.15, -0.1) is 11.3 Å². The van der Waals surface area contributed by atoms with Gasteiger partial charge in [-0.1, -0.05) is 11.8 Å². The van der Waals surface area contributed by atoms with Crippen LogP contribution in [0.15, 0.2) is 56.8 Å². The van der Waals surface area contributed by atoms with Crippen molar-refractivity contribution < 1.29 is 13.2 Å². The van der Waals surface area contributed by atoms with Crippen LogP contribution in [-0.4, -0.2) is 35.0 Å². The summed E-state index contributed by atoms with van der Waals surface area (Å²) in [4.78, 5) is 33.8. The number of carbonyl (C=O) groups is 1. The molecule has 0 saturated carbocycles. The SMILES string of the molecule is Nc1cc(=O)[nH]c(SCCC(=O)Nc2ccc(S(=O)(=O)Nc3nccs3)cc2)n1. The Kier molecular flexibility index (Phi) is 6.51. The number of aromatic nitrogens is 3. The Balaban J connectivity index is 1.52. The third-order valence-corrected chi connectivity index (χ3v) is 6.46. The summed E-state index contributed by atoms with van der Waals surface area (Å²) in [7, 11) is -3.74. The highest BCUT2D eigenvalue weighted by Crippen LogP contribution is 2.20. The number of thiazole rings is 1. The van der Waals surface area contributed by atoms with Crippen LogP contribution < -0.4 is 21.3 Å². The molecule has 0 bridgehead atoms. The molecule has 0 aliphatic rings. The molecule has 1 aromatic carbocycles. The highest BCUT2D eigenvalue weighted by molar-refractivity contribution is 7.99. The fourth-order valence-corrected chi connectivity index (χ4v) is 4.76. The summed E-state index contributed by atoms with van der Waals surface area (Å²) >= 11 is 2.37. The van der Waals surface area contributed by atoms with Crippen molar-refractivity contribution in [2.45, 2.75) is 16.5 Å². The lowest BCUT2D eigenvalue weighted by Crippen LogP contribution is -2.14. The van der Waals surface area contributed by atoms with E-state index in [1.54, 1.807) is 5.38 Å². The maximum Gasteiger partial charge on any atom is 0.263 e. The molecule has 0 aliphatic carbocycles. The monoisotopic (exact) mass is 452 g/mol. The zero-order chi connectivity index (χ0) is 20.9. The van der Waals surface area contributed by atoms with Crippen molar-refractivity contribution in [1.29, 1.82) is 0 Å². The molecule has 0 aliphatic heterocycles. The van der Waals surface area contributed by atoms with Gasteiger partial charge in [-0.2, -0.15) is 0 Å². The predicted octanol–water partition coefficient (Wildman–Crippen LogP) is 1.73. The van der Waals surface area contributed by atoms with Crippen LogP contribution in [0.25, 0.3) is 0 Å². The third kappa shape index (κ3) is 6.04. The Morgan fingerprint density at radius 3 is 2.69 bits per heavy atom. The summed E-state index contributed by atoms with van der Waals surface area (Å²) in [5.74, 6) is 0.225. The van der Waals surface area contributed by atoms with Gasteiger partial charge in [-0.05, 0) is 24.3 Å². The molecule has 3 rings (SSSR count). The fraction of sp³-hybridized carbons (Fsp3) is 0.125. The Morgan fingerprint density at radius 2 is 2.03 bits per heavy atom. The smallest absolute Gasteiger partial charge is 0.263 e. The van der Waals surface area contributed by atoms with Crippen molar-refractivity contribution in [1.82, 2.24) is 15.0 Å². The number of nitrogens with two attached hydrogens (primary N) is 1. The molecule has 0 fully saturated rings. The van der Waals surface area contributed by atoms with Gasteiger partial charge in [0.05, 0.1) is 4.90 Å². The lowest BCUT2D eigenvalue weighted by Gasteiger charge is -2.08. The van der Waals surface area contributed by atoms with E-state index < -0.39 is 10.0 Å². The van der Waals surface area contributed by atoms with Crippen LogP contribution in [0.4, 0.5) is 16.6 Å². The van der Waals surface area contributed by atoms with Gasteiger partial charge in [0.2, 0.25) is 5.91 Å². The Morgan fingerprint density at radius 1 is 1.28 bits per heavy atom. The van der Waals surface area contributed by atoms with E-state index in [9.17, 15) is 18.0 Å². The van der Waals surface area contributed by atoms with Crippen molar-refractivity contribution in [3.63, 3.8) is 0 Å². The number of nitrogen functional groups attached to an aromatic ring is 1. The molecule has 1 amide bonds. The number of hydrogen-bond acceptors (Lipinski definition) is 9. The number of nitrogens with zero attached hydrogens (tertiary/aromatic N) is 2. The second-order valence-electron chi connectivity index (χ2n) is 5.59. The van der Waals surface area contributed by atoms with Gasteiger partial charge < -0.3 is 16.0 Å². The summed E-state index contributed by atoms with van der Waals surface area (Å²) < 4.78 is 26.9. The fourth-order valence-electron chi connectivity index (χ4n) is 2.15. The van der Waals surface area contributed by atoms with Gasteiger partial charge in [-0.3, -0.25) is 14.3 Å². The first-order valence-corrected chi connectivity index (χ1v) is 11.5. The van der Waals surface area contributed by atoms with Gasteiger partial charge in [0.15, 0.2) is 10.3 Å². The van der Waals surface area contributed by atoms with E-state index in [2.05, 4.69) is 25.0 Å². The minimum Gasteiger partial charge on any atom is -0.383 e. The van der Waals surface area contributed by atoms with Crippen molar-refractivity contribution in [3.8, 4) is 0 Å². The van der Waals surface area contributed by atoms with Crippen LogP contribution in [0.3, 0.4) is 0 Å². The van der Waals surface area contributed by atoms with Crippen LogP contribution in [0.5, 0.6) is 0 Å². The average molecular weight is 453 g/mol. The zero-order valence-electron chi connectivity index (χ0n) is 14.8. The number of H-pyrrole nitrogens is 1. The quantitative estimate of drug-likeness (QED) is 0.297. The number of anilines is 3. The van der Waals surface area contributed by atoms with E-state index >= 15 is 0 Å². The van der Waals surface area contributed by atoms with Crippen molar-refractivity contribution in [2.24, 2.45) is 0 Å². The van der Waals surface area contributed by atoms with Crippen LogP contribution >= 0.6 is 23.1 Å². The van der Waals surface area contributed by atoms with E-state index in [-0.39, 0.29) is 33.7 Å². The second-order valence-corrected chi connectivity index (χ2v) is 9.25. The molecular weight excluding hydrogens is 436 g/mol. The number of amides is 1. The molecule has 0 radical (unpaired) electrons. The highest BCUT2D eigenvalue weighted by Gasteiger charge is 2.15. The summed E-state index contributed by atoms with van der Waals surface area (Å²) in [5, 5.41) is 4.95. The Labute approximate surface area is 174 Å². The van der Waals surface area contributed by atoms with Gasteiger partial charge in [0.1, 0.15) is 5.82 Å². The van der Waals surface area contributed by atoms with Crippen LogP contribution in [0, 0.1) is 0 Å². The molecule has 0 spiro atoms. The lowest BCUT2D eigenvalue weighted by molar-refractivity contribution is -0.115. The average Bonchev–Trinajstić information content (AvgIpc) is 3.13. The number of carbonyl (C=O) groups excluding carboxylic acids is 1. The number of rotatable bonds is 8. The van der Waals surface area contributed by atoms with E-state index in [1.807, 2.05) is 0 Å². The van der Waals surface area contributed by atoms with Gasteiger partial charge in [0.25, 0.3) is 15.6 Å². The standard InChI is InChI=1S/C16H16N6O4S3/c17-12-9-14(24)21-16(20-12)27-7-5-13(23)19-10-1-3-11(4-2-10)29(25,26)22-15-18-6-8-28-15/h1-4,6,8-9H,5,7H2,(H,18,22)(H,19,23)(H3,17,20,21,24). The minimum atomic E-state index is -3.74. The Bertz CT molecular complexity index is 1140. The molecule has 152 valence electrons.